The molecule has 0 aliphatic carbocycles. The zero-order valence-corrected chi connectivity index (χ0v) is 58.7. The number of fused-ring (bicyclic) bond motifs is 18. The minimum absolute atomic E-state index is 0. The Morgan fingerprint density at radius 3 is 1.02 bits per heavy atom. The quantitative estimate of drug-likeness (QED) is 0.112. The zero-order valence-electron chi connectivity index (χ0n) is 50.5. The molecule has 3 radical (unpaired) electrons. The van der Waals surface area contributed by atoms with Crippen molar-refractivity contribution in [1.29, 1.82) is 0 Å². The Kier molecular flexibility index (Phi) is 20.4. The smallest absolute Gasteiger partial charge is 0.204 e. The summed E-state index contributed by atoms with van der Waals surface area (Å²) in [5, 5.41) is 1.43. The van der Waals surface area contributed by atoms with Crippen molar-refractivity contribution in [2.24, 2.45) is 0 Å². The normalized spacial score (nSPS) is 13.4. The van der Waals surface area contributed by atoms with E-state index >= 15 is 0 Å². The summed E-state index contributed by atoms with van der Waals surface area (Å²) in [5.74, 6) is 5.40. The fraction of sp³-hybridized carbons (Fsp3) is 0.284. The van der Waals surface area contributed by atoms with Crippen LogP contribution in [0.3, 0.4) is 0 Å². The van der Waals surface area contributed by atoms with Crippen LogP contribution in [0.25, 0.3) is 68.3 Å². The number of hydrogen-bond acceptors (Lipinski definition) is 12. The molecule has 0 aromatic carbocycles. The van der Waals surface area contributed by atoms with Gasteiger partial charge in [0.25, 0.3) is 0 Å². The third-order valence-corrected chi connectivity index (χ3v) is 17.9. The van der Waals surface area contributed by atoms with Gasteiger partial charge in [-0.2, -0.15) is 4.39 Å². The van der Waals surface area contributed by atoms with E-state index in [9.17, 15) is 4.39 Å². The first kappa shape index (κ1) is 65.2. The number of imidazole rings is 6. The minimum atomic E-state index is -1.32. The van der Waals surface area contributed by atoms with Crippen LogP contribution in [-0.4, -0.2) is 95.3 Å². The van der Waals surface area contributed by atoms with E-state index in [0.29, 0.717) is 12.4 Å². The summed E-state index contributed by atoms with van der Waals surface area (Å²) in [6, 6.07) is 30.1. The molecule has 12 aromatic heterocycles. The van der Waals surface area contributed by atoms with Gasteiger partial charge in [0, 0.05) is 166 Å². The second-order valence-corrected chi connectivity index (χ2v) is 28.6. The maximum Gasteiger partial charge on any atom is 0.204 e. The van der Waals surface area contributed by atoms with E-state index in [1.54, 1.807) is 35.4 Å². The molecule has 12 aromatic rings. The third-order valence-electron chi connectivity index (χ3n) is 16.0. The molecule has 6 aliphatic rings. The van der Waals surface area contributed by atoms with Crippen LogP contribution in [0.4, 0.5) is 4.39 Å². The van der Waals surface area contributed by atoms with Crippen molar-refractivity contribution in [3.05, 3.63) is 212 Å². The number of nitrogens with zero attached hydrogens (tertiary/aromatic N) is 18. The van der Waals surface area contributed by atoms with Gasteiger partial charge in [-0.1, -0.05) is 111 Å². The molecule has 18 nitrogen and oxygen atoms in total. The Morgan fingerprint density at radius 2 is 0.656 bits per heavy atom. The average molecular weight is 1740 g/mol. The van der Waals surface area contributed by atoms with Gasteiger partial charge in [0.05, 0.1) is 49.2 Å². The molecule has 0 atom stereocenters. The van der Waals surface area contributed by atoms with E-state index in [-0.39, 0.29) is 71.7 Å². The van der Waals surface area contributed by atoms with Gasteiger partial charge >= 0.3 is 0 Å². The molecule has 0 N–H and O–H groups in total. The van der Waals surface area contributed by atoms with E-state index in [1.807, 2.05) is 86.1 Å². The third kappa shape index (κ3) is 13.5. The largest absolute Gasteiger partial charge is 0.372 e. The van der Waals surface area contributed by atoms with Gasteiger partial charge in [0.2, 0.25) is 5.95 Å². The van der Waals surface area contributed by atoms with E-state index in [2.05, 4.69) is 166 Å². The van der Waals surface area contributed by atoms with Crippen LogP contribution in [0.15, 0.2) is 129 Å². The maximum absolute atomic E-state index is 13.2. The predicted molar refractivity (Wildman–Crippen MR) is 330 cm³/mol. The van der Waals surface area contributed by atoms with Crippen LogP contribution in [-0.2, 0) is 144 Å². The van der Waals surface area contributed by atoms with Gasteiger partial charge in [-0.25, -0.2) is 0 Å². The molecular formula is C67H63FIr3N18Si-6. The van der Waals surface area contributed by atoms with E-state index in [0.717, 1.165) is 168 Å². The Labute approximate surface area is 564 Å². The van der Waals surface area contributed by atoms with Crippen LogP contribution < -0.4 is 5.32 Å². The van der Waals surface area contributed by atoms with Crippen LogP contribution >= 0.6 is 0 Å². The Hall–Kier alpha value is -7.75. The van der Waals surface area contributed by atoms with Gasteiger partial charge in [0.1, 0.15) is 0 Å². The molecule has 18 rings (SSSR count). The molecule has 0 amide bonds. The second kappa shape index (κ2) is 28.2. The van der Waals surface area contributed by atoms with Crippen molar-refractivity contribution >= 4 is 13.4 Å². The molecule has 0 unspecified atom stereocenters. The molecule has 6 aliphatic heterocycles. The SMILES string of the molecule is CC(C)(C)c1cnc2n1CCc1ncc[c-]c1-2.C[Si](C)(C)c1cnc2n1CCc1ncc[c-]c1-2.Fc1cnc2n1CCc1ncc[c-]c1-2.[Ir].[Ir].[Ir].[c-]1ccnc2c1-c1nccn1CC2.[c-]1ccnc2c1-c1nccn1CC2.[c-]1ccnc2c1-c1nccn1CC2. The zero-order chi connectivity index (χ0) is 59.7. The average Bonchev–Trinajstić information content (AvgIpc) is 1.95. The maximum atomic E-state index is 13.2. The fourth-order valence-corrected chi connectivity index (χ4v) is 13.2. The van der Waals surface area contributed by atoms with Crippen LogP contribution in [0.1, 0.15) is 60.6 Å². The number of hydrogen-bond donors (Lipinski definition) is 0. The molecule has 0 bridgehead atoms. The molecule has 0 fully saturated rings. The molecule has 18 heterocycles. The monoisotopic (exact) mass is 1750 g/mol. The number of halogens is 1. The molecule has 0 saturated heterocycles. The summed E-state index contributed by atoms with van der Waals surface area (Å²) in [6.45, 7) is 19.3. The number of aryl methyl sites for hydroxylation is 9. The molecule has 23 heteroatoms. The van der Waals surface area contributed by atoms with Crippen molar-refractivity contribution in [2.45, 2.75) is 124 Å². The van der Waals surface area contributed by atoms with Gasteiger partial charge in [-0.05, 0) is 72.7 Å². The summed E-state index contributed by atoms with van der Waals surface area (Å²) < 4.78 is 25.8. The van der Waals surface area contributed by atoms with Crippen molar-refractivity contribution < 1.29 is 64.7 Å². The molecular weight excluding hydrogens is 1680 g/mol. The molecule has 465 valence electrons. The summed E-state index contributed by atoms with van der Waals surface area (Å²) >= 11 is 0. The minimum Gasteiger partial charge on any atom is -0.372 e. The predicted octanol–water partition coefficient (Wildman–Crippen LogP) is 9.78. The molecule has 0 spiro atoms. The van der Waals surface area contributed by atoms with E-state index in [4.69, 9.17) is 0 Å². The van der Waals surface area contributed by atoms with Gasteiger partial charge in [-0.3, -0.25) is 29.9 Å². The standard InChI is InChI=1S/C14H16N3.C13H16N3Si.C10H7FN3.3C10H8N3.3Ir/c1-14(2,3)12-9-16-13-10-5-4-7-15-11(10)6-8-17(12)13;1-17(2,3)12-9-15-13-10-5-4-7-14-11(10)6-8-16(12)13;11-9-6-13-10-7-2-1-4-12-8(7)3-5-14(9)10;3*1-2-8-9(11-4-1)3-6-13-7-5-12-10(8)13;;;/h2*4,7,9H,6,8H2,1-3H3;1,4,6H,3,5H2;3*1,4-5,7H,3,6H2;;;/q6*-1;;;. The Bertz CT molecular complexity index is 4100. The van der Waals surface area contributed by atoms with E-state index in [1.165, 1.54) is 17.2 Å². The number of pyridine rings is 6. The first-order valence-electron chi connectivity index (χ1n) is 29.4. The summed E-state index contributed by atoms with van der Waals surface area (Å²) in [5.41, 5.74) is 14.1. The van der Waals surface area contributed by atoms with Crippen molar-refractivity contribution in [3.63, 3.8) is 0 Å². The van der Waals surface area contributed by atoms with Crippen molar-refractivity contribution in [1.82, 2.24) is 87.2 Å². The topological polar surface area (TPSA) is 184 Å². The number of aromatic nitrogens is 18. The first-order chi connectivity index (χ1) is 42.4. The fourth-order valence-electron chi connectivity index (χ4n) is 11.7. The van der Waals surface area contributed by atoms with Crippen molar-refractivity contribution in [3.8, 4) is 68.3 Å². The van der Waals surface area contributed by atoms with Gasteiger partial charge in [0.15, 0.2) is 0 Å². The number of rotatable bonds is 1. The van der Waals surface area contributed by atoms with Gasteiger partial charge < -0.3 is 57.3 Å². The first-order valence-corrected chi connectivity index (χ1v) is 32.9. The Morgan fingerprint density at radius 1 is 0.356 bits per heavy atom. The summed E-state index contributed by atoms with van der Waals surface area (Å²) in [4.78, 5) is 52.0. The van der Waals surface area contributed by atoms with Crippen LogP contribution in [0, 0.1) is 42.3 Å². The second-order valence-electron chi connectivity index (χ2n) is 23.6. The molecule has 90 heavy (non-hydrogen) atoms. The van der Waals surface area contributed by atoms with Crippen molar-refractivity contribution in [2.75, 3.05) is 0 Å². The summed E-state index contributed by atoms with van der Waals surface area (Å²) in [7, 11) is -1.32. The van der Waals surface area contributed by atoms with Crippen LogP contribution in [0.2, 0.25) is 19.6 Å². The summed E-state index contributed by atoms with van der Waals surface area (Å²) in [6.07, 6.45) is 33.1. The Balaban J connectivity index is 0.000000118. The van der Waals surface area contributed by atoms with E-state index < -0.39 is 8.07 Å². The van der Waals surface area contributed by atoms with Gasteiger partial charge in [-0.15, -0.1) is 72.8 Å². The molecule has 0 saturated carbocycles. The van der Waals surface area contributed by atoms with Crippen LogP contribution in [0.5, 0.6) is 0 Å².